The number of piperazine rings is 1. The van der Waals surface area contributed by atoms with E-state index in [1.54, 1.807) is 4.90 Å². The zero-order chi connectivity index (χ0) is 19.4. The topological polar surface area (TPSA) is 90.5 Å². The zero-order valence-electron chi connectivity index (χ0n) is 15.3. The summed E-state index contributed by atoms with van der Waals surface area (Å²) < 4.78 is 13.0. The van der Waals surface area contributed by atoms with Gasteiger partial charge in [0.05, 0.1) is 12.5 Å². The third-order valence-corrected chi connectivity index (χ3v) is 5.12. The molecular weight excluding hydrogens is 351 g/mol. The molecule has 3 atom stereocenters. The molecule has 1 heterocycles. The highest BCUT2D eigenvalue weighted by Crippen LogP contribution is 2.29. The Morgan fingerprint density at radius 3 is 2.63 bits per heavy atom. The van der Waals surface area contributed by atoms with Crippen LogP contribution in [0.4, 0.5) is 14.9 Å². The van der Waals surface area contributed by atoms with Gasteiger partial charge in [0, 0.05) is 18.3 Å². The minimum absolute atomic E-state index is 0.0646. The summed E-state index contributed by atoms with van der Waals surface area (Å²) in [7, 11) is 0. The maximum atomic E-state index is 13.0. The molecule has 0 spiro atoms. The molecule has 1 saturated heterocycles. The van der Waals surface area contributed by atoms with Gasteiger partial charge in [0.15, 0.2) is 0 Å². The second kappa shape index (κ2) is 8.37. The molecule has 0 bridgehead atoms. The number of nitrogens with zero attached hydrogens (tertiary/aromatic N) is 1. The number of hydrogen-bond acceptors (Lipinski definition) is 3. The Morgan fingerprint density at radius 1 is 1.22 bits per heavy atom. The van der Waals surface area contributed by atoms with Crippen molar-refractivity contribution >= 4 is 23.5 Å². The summed E-state index contributed by atoms with van der Waals surface area (Å²) in [6, 6.07) is 4.05. The van der Waals surface area contributed by atoms with Crippen molar-refractivity contribution in [2.45, 2.75) is 57.2 Å². The number of anilines is 1. The van der Waals surface area contributed by atoms with Crippen molar-refractivity contribution in [2.24, 2.45) is 0 Å². The summed E-state index contributed by atoms with van der Waals surface area (Å²) in [6.45, 7) is 2.26. The quantitative estimate of drug-likeness (QED) is 0.751. The molecule has 3 N–H and O–H groups in total. The van der Waals surface area contributed by atoms with E-state index < -0.39 is 17.8 Å². The van der Waals surface area contributed by atoms with E-state index in [-0.39, 0.29) is 30.4 Å². The highest BCUT2D eigenvalue weighted by atomic mass is 19.1. The van der Waals surface area contributed by atoms with E-state index in [1.807, 2.05) is 6.92 Å². The molecule has 1 aromatic carbocycles. The molecule has 2 fully saturated rings. The van der Waals surface area contributed by atoms with E-state index in [9.17, 15) is 18.8 Å². The maximum Gasteiger partial charge on any atom is 0.318 e. The fraction of sp³-hybridized carbons (Fsp3) is 0.526. The average Bonchev–Trinajstić information content (AvgIpc) is 2.64. The lowest BCUT2D eigenvalue weighted by atomic mass is 9.85. The normalized spacial score (nSPS) is 24.6. The van der Waals surface area contributed by atoms with Crippen LogP contribution in [0.3, 0.4) is 0 Å². The van der Waals surface area contributed by atoms with E-state index in [0.29, 0.717) is 12.2 Å². The lowest BCUT2D eigenvalue weighted by molar-refractivity contribution is -0.135. The van der Waals surface area contributed by atoms with Gasteiger partial charge in [-0.15, -0.1) is 0 Å². The monoisotopic (exact) mass is 376 g/mol. The van der Waals surface area contributed by atoms with Gasteiger partial charge < -0.3 is 20.9 Å². The number of carbonyl (C=O) groups is 3. The molecule has 27 heavy (non-hydrogen) atoms. The van der Waals surface area contributed by atoms with Crippen LogP contribution in [0.5, 0.6) is 0 Å². The predicted molar refractivity (Wildman–Crippen MR) is 98.5 cm³/mol. The van der Waals surface area contributed by atoms with Crippen LogP contribution in [0, 0.1) is 5.82 Å². The number of urea groups is 1. The first-order valence-electron chi connectivity index (χ1n) is 9.41. The van der Waals surface area contributed by atoms with Crippen LogP contribution in [0.25, 0.3) is 0 Å². The Morgan fingerprint density at radius 2 is 1.93 bits per heavy atom. The Bertz CT molecular complexity index is 709. The van der Waals surface area contributed by atoms with Crippen molar-refractivity contribution in [3.05, 3.63) is 30.1 Å². The maximum absolute atomic E-state index is 13.0. The molecule has 1 aliphatic carbocycles. The highest BCUT2D eigenvalue weighted by Gasteiger charge is 2.45. The van der Waals surface area contributed by atoms with Crippen LogP contribution in [-0.4, -0.2) is 47.4 Å². The molecule has 4 amide bonds. The first-order valence-corrected chi connectivity index (χ1v) is 9.41. The standard InChI is InChI=1S/C19H25FN4O3/c1-2-21-19(27)24-15-6-4-3-5-14(15)23-18(26)16(24)11-17(25)22-13-9-7-12(20)8-10-13/h7-10,14-16H,2-6,11H2,1H3,(H,21,27)(H,22,25)(H,23,26)/t14-,15-,16+/m0/s1. The second-order valence-electron chi connectivity index (χ2n) is 6.98. The highest BCUT2D eigenvalue weighted by molar-refractivity contribution is 5.97. The summed E-state index contributed by atoms with van der Waals surface area (Å²) in [6.07, 6.45) is 3.49. The number of amides is 4. The molecule has 3 rings (SSSR count). The fourth-order valence-corrected chi connectivity index (χ4v) is 3.90. The predicted octanol–water partition coefficient (Wildman–Crippen LogP) is 2.00. The number of rotatable bonds is 4. The van der Waals surface area contributed by atoms with Crippen molar-refractivity contribution in [1.82, 2.24) is 15.5 Å². The first kappa shape index (κ1) is 19.1. The van der Waals surface area contributed by atoms with Gasteiger partial charge in [-0.25, -0.2) is 9.18 Å². The van der Waals surface area contributed by atoms with Crippen molar-refractivity contribution in [2.75, 3.05) is 11.9 Å². The number of fused-ring (bicyclic) bond motifs is 1. The van der Waals surface area contributed by atoms with E-state index >= 15 is 0 Å². The number of hydrogen-bond donors (Lipinski definition) is 3. The van der Waals surface area contributed by atoms with Crippen molar-refractivity contribution < 1.29 is 18.8 Å². The fourth-order valence-electron chi connectivity index (χ4n) is 3.90. The Balaban J connectivity index is 1.75. The van der Waals surface area contributed by atoms with Crippen LogP contribution in [-0.2, 0) is 9.59 Å². The van der Waals surface area contributed by atoms with Gasteiger partial charge in [-0.1, -0.05) is 12.8 Å². The Labute approximate surface area is 157 Å². The molecule has 0 aromatic heterocycles. The van der Waals surface area contributed by atoms with Crippen LogP contribution in [0.2, 0.25) is 0 Å². The van der Waals surface area contributed by atoms with E-state index in [4.69, 9.17) is 0 Å². The zero-order valence-corrected chi connectivity index (χ0v) is 15.3. The van der Waals surface area contributed by atoms with Gasteiger partial charge >= 0.3 is 6.03 Å². The molecule has 7 nitrogen and oxygen atoms in total. The van der Waals surface area contributed by atoms with Crippen LogP contribution >= 0.6 is 0 Å². The van der Waals surface area contributed by atoms with Crippen LogP contribution in [0.1, 0.15) is 39.0 Å². The van der Waals surface area contributed by atoms with Crippen LogP contribution < -0.4 is 16.0 Å². The van der Waals surface area contributed by atoms with Gasteiger partial charge in [0.1, 0.15) is 11.9 Å². The van der Waals surface area contributed by atoms with Gasteiger partial charge in [-0.05, 0) is 44.0 Å². The lowest BCUT2D eigenvalue weighted by Gasteiger charge is -2.47. The molecule has 0 unspecified atom stereocenters. The van der Waals surface area contributed by atoms with Crippen molar-refractivity contribution in [1.29, 1.82) is 0 Å². The Hall–Kier alpha value is -2.64. The lowest BCUT2D eigenvalue weighted by Crippen LogP contribution is -2.69. The van der Waals surface area contributed by atoms with Crippen molar-refractivity contribution in [3.8, 4) is 0 Å². The number of halogens is 1. The van der Waals surface area contributed by atoms with Gasteiger partial charge in [-0.3, -0.25) is 9.59 Å². The molecule has 8 heteroatoms. The number of benzene rings is 1. The summed E-state index contributed by atoms with van der Waals surface area (Å²) in [5, 5.41) is 8.40. The molecule has 146 valence electrons. The van der Waals surface area contributed by atoms with Crippen molar-refractivity contribution in [3.63, 3.8) is 0 Å². The summed E-state index contributed by atoms with van der Waals surface area (Å²) >= 11 is 0. The Kier molecular flexibility index (Phi) is 5.93. The summed E-state index contributed by atoms with van der Waals surface area (Å²) in [5.41, 5.74) is 0.442. The second-order valence-corrected chi connectivity index (χ2v) is 6.98. The molecule has 2 aliphatic rings. The van der Waals surface area contributed by atoms with Crippen LogP contribution in [0.15, 0.2) is 24.3 Å². The summed E-state index contributed by atoms with van der Waals surface area (Å²) in [5.74, 6) is -1.10. The smallest absolute Gasteiger partial charge is 0.318 e. The van der Waals surface area contributed by atoms with E-state index in [0.717, 1.165) is 25.7 Å². The third-order valence-electron chi connectivity index (χ3n) is 5.12. The number of nitrogens with one attached hydrogen (secondary N) is 3. The van der Waals surface area contributed by atoms with Gasteiger partial charge in [-0.2, -0.15) is 0 Å². The largest absolute Gasteiger partial charge is 0.349 e. The SMILES string of the molecule is CCNC(=O)N1[C@H](CC(=O)Nc2ccc(F)cc2)C(=O)N[C@H]2CCCC[C@@H]21. The minimum Gasteiger partial charge on any atom is -0.349 e. The summed E-state index contributed by atoms with van der Waals surface area (Å²) in [4.78, 5) is 39.3. The molecular formula is C19H25FN4O3. The number of carbonyl (C=O) groups excluding carboxylic acids is 3. The molecule has 1 saturated carbocycles. The third kappa shape index (κ3) is 4.37. The van der Waals surface area contributed by atoms with E-state index in [1.165, 1.54) is 24.3 Å². The van der Waals surface area contributed by atoms with E-state index in [2.05, 4.69) is 16.0 Å². The molecule has 0 radical (unpaired) electrons. The first-order chi connectivity index (χ1) is 13.0. The molecule has 1 aliphatic heterocycles. The average molecular weight is 376 g/mol. The molecule has 1 aromatic rings. The van der Waals surface area contributed by atoms with Gasteiger partial charge in [0.2, 0.25) is 11.8 Å². The van der Waals surface area contributed by atoms with Gasteiger partial charge in [0.25, 0.3) is 0 Å². The minimum atomic E-state index is -0.864.